The van der Waals surface area contributed by atoms with Gasteiger partial charge in [-0.3, -0.25) is 9.78 Å². The number of hydrogen-bond acceptors (Lipinski definition) is 5. The van der Waals surface area contributed by atoms with Crippen LogP contribution in [-0.4, -0.2) is 23.0 Å². The number of rotatable bonds is 3. The number of nitrogens with zero attached hydrogens (tertiary/aromatic N) is 2. The Morgan fingerprint density at radius 2 is 2.31 bits per heavy atom. The third-order valence-electron chi connectivity index (χ3n) is 1.90. The molecule has 5 nitrogen and oxygen atoms in total. The lowest BCUT2D eigenvalue weighted by atomic mass is 10.3. The molecule has 0 bridgehead atoms. The Morgan fingerprint density at radius 1 is 1.50 bits per heavy atom. The summed E-state index contributed by atoms with van der Waals surface area (Å²) in [6.45, 7) is 0. The van der Waals surface area contributed by atoms with Crippen molar-refractivity contribution in [3.8, 4) is 15.8 Å². The molecule has 0 fully saturated rings. The smallest absolute Gasteiger partial charge is 0.272 e. The van der Waals surface area contributed by atoms with Crippen LogP contribution in [0.3, 0.4) is 0 Å². The van der Waals surface area contributed by atoms with E-state index in [1.165, 1.54) is 18.4 Å². The molecule has 1 amide bonds. The van der Waals surface area contributed by atoms with E-state index in [0.29, 0.717) is 15.8 Å². The number of carbonyl (C=O) groups is 1. The van der Waals surface area contributed by atoms with Gasteiger partial charge in [0.2, 0.25) is 5.06 Å². The largest absolute Gasteiger partial charge is 0.485 e. The van der Waals surface area contributed by atoms with Crippen LogP contribution < -0.4 is 10.5 Å². The van der Waals surface area contributed by atoms with Gasteiger partial charge in [-0.2, -0.15) is 0 Å². The summed E-state index contributed by atoms with van der Waals surface area (Å²) in [6, 6.07) is 5.46. The van der Waals surface area contributed by atoms with Gasteiger partial charge in [-0.05, 0) is 12.1 Å². The molecule has 0 saturated heterocycles. The topological polar surface area (TPSA) is 78.1 Å². The van der Waals surface area contributed by atoms with Crippen molar-refractivity contribution in [3.05, 3.63) is 30.1 Å². The molecule has 2 aromatic heterocycles. The van der Waals surface area contributed by atoms with E-state index in [-0.39, 0.29) is 5.69 Å². The van der Waals surface area contributed by atoms with Gasteiger partial charge in [0.15, 0.2) is 5.69 Å². The summed E-state index contributed by atoms with van der Waals surface area (Å²) in [5.41, 5.74) is 6.03. The van der Waals surface area contributed by atoms with E-state index in [1.54, 1.807) is 6.20 Å². The molecule has 2 rings (SSSR count). The first-order valence-corrected chi connectivity index (χ1v) is 5.30. The van der Waals surface area contributed by atoms with Crippen molar-refractivity contribution >= 4 is 17.2 Å². The fourth-order valence-corrected chi connectivity index (χ4v) is 2.06. The van der Waals surface area contributed by atoms with Crippen molar-refractivity contribution in [1.82, 2.24) is 9.97 Å². The molecule has 0 aromatic carbocycles. The van der Waals surface area contributed by atoms with Crippen LogP contribution in [0.25, 0.3) is 10.7 Å². The highest BCUT2D eigenvalue weighted by atomic mass is 32.1. The standard InChI is InChI=1S/C10H9N3O2S/c1-15-10-7(8(11)14)13-9(16-10)6-4-2-3-5-12-6/h2-5H,1H3,(H2,11,14). The summed E-state index contributed by atoms with van der Waals surface area (Å²) in [5, 5.41) is 1.03. The number of primary amides is 1. The monoisotopic (exact) mass is 235 g/mol. The second-order valence-electron chi connectivity index (χ2n) is 2.94. The van der Waals surface area contributed by atoms with E-state index in [2.05, 4.69) is 9.97 Å². The first-order chi connectivity index (χ1) is 7.72. The van der Waals surface area contributed by atoms with Gasteiger partial charge < -0.3 is 10.5 Å². The maximum atomic E-state index is 11.1. The van der Waals surface area contributed by atoms with Crippen molar-refractivity contribution < 1.29 is 9.53 Å². The van der Waals surface area contributed by atoms with E-state index in [0.717, 1.165) is 0 Å². The molecule has 82 valence electrons. The Kier molecular flexibility index (Phi) is 2.82. The highest BCUT2D eigenvalue weighted by Gasteiger charge is 2.17. The number of carbonyl (C=O) groups excluding carboxylic acids is 1. The van der Waals surface area contributed by atoms with Crippen LogP contribution in [0.5, 0.6) is 5.06 Å². The molecule has 0 aliphatic heterocycles. The van der Waals surface area contributed by atoms with Crippen LogP contribution in [0, 0.1) is 0 Å². The number of hydrogen-bond donors (Lipinski definition) is 1. The molecule has 0 aliphatic rings. The third-order valence-corrected chi connectivity index (χ3v) is 2.94. The van der Waals surface area contributed by atoms with Crippen molar-refractivity contribution in [2.75, 3.05) is 7.11 Å². The molecule has 2 aromatic rings. The number of nitrogens with two attached hydrogens (primary N) is 1. The number of aromatic nitrogens is 2. The van der Waals surface area contributed by atoms with Gasteiger partial charge in [0, 0.05) is 6.20 Å². The predicted octanol–water partition coefficient (Wildman–Crippen LogP) is 1.31. The molecule has 0 saturated carbocycles. The average Bonchev–Trinajstić information content (AvgIpc) is 2.74. The molecule has 16 heavy (non-hydrogen) atoms. The average molecular weight is 235 g/mol. The van der Waals surface area contributed by atoms with Crippen molar-refractivity contribution in [2.45, 2.75) is 0 Å². The first-order valence-electron chi connectivity index (χ1n) is 4.48. The van der Waals surface area contributed by atoms with Gasteiger partial charge in [-0.1, -0.05) is 17.4 Å². The van der Waals surface area contributed by atoms with E-state index >= 15 is 0 Å². The highest BCUT2D eigenvalue weighted by molar-refractivity contribution is 7.17. The Hall–Kier alpha value is -1.95. The van der Waals surface area contributed by atoms with Crippen LogP contribution >= 0.6 is 11.3 Å². The van der Waals surface area contributed by atoms with Gasteiger partial charge in [0.1, 0.15) is 5.01 Å². The summed E-state index contributed by atoms with van der Waals surface area (Å²) in [5.74, 6) is -0.602. The quantitative estimate of drug-likeness (QED) is 0.870. The predicted molar refractivity (Wildman–Crippen MR) is 60.4 cm³/mol. The minimum atomic E-state index is -0.602. The minimum Gasteiger partial charge on any atom is -0.485 e. The maximum absolute atomic E-state index is 11.1. The van der Waals surface area contributed by atoms with Crippen LogP contribution in [0.2, 0.25) is 0 Å². The minimum absolute atomic E-state index is 0.146. The lowest BCUT2D eigenvalue weighted by Crippen LogP contribution is -2.12. The molecule has 0 radical (unpaired) electrons. The normalized spacial score (nSPS) is 10.1. The molecule has 6 heteroatoms. The second-order valence-corrected chi connectivity index (χ2v) is 3.90. The highest BCUT2D eigenvalue weighted by Crippen LogP contribution is 2.32. The molecule has 0 atom stereocenters. The zero-order valence-corrected chi connectivity index (χ0v) is 9.32. The van der Waals surface area contributed by atoms with Gasteiger partial charge in [-0.25, -0.2) is 4.98 Å². The molecule has 0 spiro atoms. The van der Waals surface area contributed by atoms with Gasteiger partial charge in [0.05, 0.1) is 12.8 Å². The number of amides is 1. The van der Waals surface area contributed by atoms with Gasteiger partial charge in [-0.15, -0.1) is 0 Å². The Labute approximate surface area is 95.9 Å². The maximum Gasteiger partial charge on any atom is 0.272 e. The molecule has 0 aliphatic carbocycles. The van der Waals surface area contributed by atoms with Crippen LogP contribution in [-0.2, 0) is 0 Å². The lowest BCUT2D eigenvalue weighted by Gasteiger charge is -1.93. The van der Waals surface area contributed by atoms with E-state index < -0.39 is 5.91 Å². The molecule has 2 N–H and O–H groups in total. The number of ether oxygens (including phenoxy) is 1. The summed E-state index contributed by atoms with van der Waals surface area (Å²) in [4.78, 5) is 19.3. The van der Waals surface area contributed by atoms with E-state index in [9.17, 15) is 4.79 Å². The zero-order chi connectivity index (χ0) is 11.5. The Balaban J connectivity index is 2.48. The Morgan fingerprint density at radius 3 is 2.81 bits per heavy atom. The number of methoxy groups -OCH3 is 1. The van der Waals surface area contributed by atoms with Crippen LogP contribution in [0.4, 0.5) is 0 Å². The fraction of sp³-hybridized carbons (Fsp3) is 0.100. The SMILES string of the molecule is COc1sc(-c2ccccn2)nc1C(N)=O. The number of pyridine rings is 1. The van der Waals surface area contributed by atoms with Crippen molar-refractivity contribution in [1.29, 1.82) is 0 Å². The first kappa shape index (κ1) is 10.6. The summed E-state index contributed by atoms with van der Waals surface area (Å²) in [7, 11) is 1.47. The van der Waals surface area contributed by atoms with Crippen molar-refractivity contribution in [3.63, 3.8) is 0 Å². The summed E-state index contributed by atoms with van der Waals surface area (Å²) >= 11 is 1.24. The van der Waals surface area contributed by atoms with Crippen LogP contribution in [0.1, 0.15) is 10.5 Å². The van der Waals surface area contributed by atoms with Gasteiger partial charge >= 0.3 is 0 Å². The Bertz CT molecular complexity index is 510. The number of thiazole rings is 1. The molecular weight excluding hydrogens is 226 g/mol. The third kappa shape index (κ3) is 1.87. The van der Waals surface area contributed by atoms with Gasteiger partial charge in [0.25, 0.3) is 5.91 Å². The zero-order valence-electron chi connectivity index (χ0n) is 8.51. The van der Waals surface area contributed by atoms with Crippen molar-refractivity contribution in [2.24, 2.45) is 5.73 Å². The molecule has 2 heterocycles. The molecular formula is C10H9N3O2S. The fourth-order valence-electron chi connectivity index (χ4n) is 1.20. The van der Waals surface area contributed by atoms with E-state index in [4.69, 9.17) is 10.5 Å². The second kappa shape index (κ2) is 4.28. The van der Waals surface area contributed by atoms with Crippen LogP contribution in [0.15, 0.2) is 24.4 Å². The summed E-state index contributed by atoms with van der Waals surface area (Å²) in [6.07, 6.45) is 1.66. The van der Waals surface area contributed by atoms with E-state index in [1.807, 2.05) is 18.2 Å². The lowest BCUT2D eigenvalue weighted by molar-refractivity contribution is 0.0993. The summed E-state index contributed by atoms with van der Waals surface area (Å²) < 4.78 is 5.04. The molecule has 0 unspecified atom stereocenters.